The molecule has 0 saturated carbocycles. The van der Waals surface area contributed by atoms with Gasteiger partial charge in [0.15, 0.2) is 0 Å². The number of benzene rings is 3. The van der Waals surface area contributed by atoms with Crippen LogP contribution in [0.25, 0.3) is 11.0 Å². The zero-order valence-corrected chi connectivity index (χ0v) is 19.5. The number of nitrogens with zero attached hydrogens (tertiary/aromatic N) is 2. The summed E-state index contributed by atoms with van der Waals surface area (Å²) in [5.74, 6) is 1.04. The number of para-hydroxylation sites is 2. The SMILES string of the molecule is CCOc1ccc(NC(=O)Cn2c(CCNC(=O)c3ccccc3Cl)nc3ccccc32)cc1. The van der Waals surface area contributed by atoms with Crippen molar-refractivity contribution in [3.8, 4) is 5.75 Å². The van der Waals surface area contributed by atoms with Crippen molar-refractivity contribution in [1.29, 1.82) is 0 Å². The van der Waals surface area contributed by atoms with E-state index in [0.717, 1.165) is 16.8 Å². The average molecular weight is 477 g/mol. The highest BCUT2D eigenvalue weighted by atomic mass is 35.5. The third-order valence-corrected chi connectivity index (χ3v) is 5.57. The molecule has 174 valence electrons. The number of ether oxygens (including phenoxy) is 1. The minimum absolute atomic E-state index is 0.0987. The number of nitrogens with one attached hydrogen (secondary N) is 2. The molecule has 0 fully saturated rings. The highest BCUT2D eigenvalue weighted by Crippen LogP contribution is 2.19. The van der Waals surface area contributed by atoms with Gasteiger partial charge in [-0.2, -0.15) is 0 Å². The van der Waals surface area contributed by atoms with Crippen LogP contribution in [0.5, 0.6) is 5.75 Å². The van der Waals surface area contributed by atoms with Crippen LogP contribution in [0.15, 0.2) is 72.8 Å². The van der Waals surface area contributed by atoms with Crippen LogP contribution in [0.3, 0.4) is 0 Å². The number of rotatable bonds is 9. The molecule has 0 spiro atoms. The molecule has 7 nitrogen and oxygen atoms in total. The summed E-state index contributed by atoms with van der Waals surface area (Å²) in [6.45, 7) is 2.96. The number of amides is 2. The van der Waals surface area contributed by atoms with Gasteiger partial charge in [0.1, 0.15) is 18.1 Å². The second kappa shape index (κ2) is 10.9. The van der Waals surface area contributed by atoms with Gasteiger partial charge in [-0.15, -0.1) is 0 Å². The van der Waals surface area contributed by atoms with E-state index in [9.17, 15) is 9.59 Å². The van der Waals surface area contributed by atoms with Gasteiger partial charge in [-0.3, -0.25) is 9.59 Å². The largest absolute Gasteiger partial charge is 0.494 e. The number of carbonyl (C=O) groups excluding carboxylic acids is 2. The van der Waals surface area contributed by atoms with E-state index in [-0.39, 0.29) is 18.4 Å². The first-order valence-electron chi connectivity index (χ1n) is 11.0. The third kappa shape index (κ3) is 5.55. The van der Waals surface area contributed by atoms with Crippen LogP contribution < -0.4 is 15.4 Å². The number of hydrogen-bond acceptors (Lipinski definition) is 4. The fourth-order valence-corrected chi connectivity index (χ4v) is 3.89. The molecule has 3 aromatic carbocycles. The maximum Gasteiger partial charge on any atom is 0.252 e. The van der Waals surface area contributed by atoms with Gasteiger partial charge >= 0.3 is 0 Å². The molecular weight excluding hydrogens is 452 g/mol. The number of anilines is 1. The lowest BCUT2D eigenvalue weighted by Crippen LogP contribution is -2.27. The van der Waals surface area contributed by atoms with E-state index in [1.807, 2.05) is 47.9 Å². The molecule has 2 N–H and O–H groups in total. The highest BCUT2D eigenvalue weighted by Gasteiger charge is 2.15. The van der Waals surface area contributed by atoms with Gasteiger partial charge in [-0.05, 0) is 55.5 Å². The van der Waals surface area contributed by atoms with Gasteiger partial charge < -0.3 is 19.9 Å². The number of carbonyl (C=O) groups is 2. The first-order chi connectivity index (χ1) is 16.5. The van der Waals surface area contributed by atoms with Crippen LogP contribution >= 0.6 is 11.6 Å². The molecule has 4 rings (SSSR count). The number of halogens is 1. The highest BCUT2D eigenvalue weighted by molar-refractivity contribution is 6.33. The van der Waals surface area contributed by atoms with E-state index in [1.165, 1.54) is 0 Å². The topological polar surface area (TPSA) is 85.2 Å². The monoisotopic (exact) mass is 476 g/mol. The van der Waals surface area contributed by atoms with Crippen molar-refractivity contribution in [2.75, 3.05) is 18.5 Å². The van der Waals surface area contributed by atoms with Crippen molar-refractivity contribution >= 4 is 40.1 Å². The number of fused-ring (bicyclic) bond motifs is 1. The number of aromatic nitrogens is 2. The molecule has 0 aliphatic heterocycles. The van der Waals surface area contributed by atoms with E-state index >= 15 is 0 Å². The van der Waals surface area contributed by atoms with Gasteiger partial charge in [0.05, 0.1) is 28.2 Å². The molecule has 4 aromatic rings. The molecule has 0 radical (unpaired) electrons. The third-order valence-electron chi connectivity index (χ3n) is 5.24. The van der Waals surface area contributed by atoms with E-state index in [0.29, 0.717) is 41.7 Å². The summed E-state index contributed by atoms with van der Waals surface area (Å²) >= 11 is 6.11. The van der Waals surface area contributed by atoms with Gasteiger partial charge in [-0.1, -0.05) is 35.9 Å². The van der Waals surface area contributed by atoms with Crippen molar-refractivity contribution in [1.82, 2.24) is 14.9 Å². The zero-order chi connectivity index (χ0) is 23.9. The maximum absolute atomic E-state index is 12.8. The van der Waals surface area contributed by atoms with E-state index in [1.54, 1.807) is 36.4 Å². The Labute approximate surface area is 202 Å². The van der Waals surface area contributed by atoms with Crippen LogP contribution in [0, 0.1) is 0 Å². The molecule has 0 aliphatic carbocycles. The second-order valence-corrected chi connectivity index (χ2v) is 8.00. The summed E-state index contributed by atoms with van der Waals surface area (Å²) < 4.78 is 7.32. The molecule has 1 heterocycles. The van der Waals surface area contributed by atoms with Crippen LogP contribution in [-0.4, -0.2) is 34.5 Å². The summed E-state index contributed by atoms with van der Waals surface area (Å²) in [7, 11) is 0. The lowest BCUT2D eigenvalue weighted by molar-refractivity contribution is -0.116. The Kier molecular flexibility index (Phi) is 7.44. The molecule has 0 unspecified atom stereocenters. The van der Waals surface area contributed by atoms with Crippen molar-refractivity contribution in [2.45, 2.75) is 19.9 Å². The quantitative estimate of drug-likeness (QED) is 0.366. The van der Waals surface area contributed by atoms with Crippen molar-refractivity contribution < 1.29 is 14.3 Å². The molecule has 8 heteroatoms. The molecule has 0 atom stereocenters. The maximum atomic E-state index is 12.8. The molecular formula is C26H25ClN4O3. The first-order valence-corrected chi connectivity index (χ1v) is 11.4. The van der Waals surface area contributed by atoms with Gasteiger partial charge in [-0.25, -0.2) is 4.98 Å². The fourth-order valence-electron chi connectivity index (χ4n) is 3.67. The Bertz CT molecular complexity index is 1300. The normalized spacial score (nSPS) is 10.8. The number of hydrogen-bond donors (Lipinski definition) is 2. The van der Waals surface area contributed by atoms with E-state index in [4.69, 9.17) is 16.3 Å². The second-order valence-electron chi connectivity index (χ2n) is 7.59. The summed E-state index contributed by atoms with van der Waals surface area (Å²) in [5, 5.41) is 6.20. The van der Waals surface area contributed by atoms with Crippen molar-refractivity contribution in [3.05, 3.63) is 89.2 Å². The summed E-state index contributed by atoms with van der Waals surface area (Å²) in [4.78, 5) is 30.0. The Balaban J connectivity index is 1.45. The lowest BCUT2D eigenvalue weighted by atomic mass is 10.2. The van der Waals surface area contributed by atoms with Crippen LogP contribution in [0.2, 0.25) is 5.02 Å². The van der Waals surface area contributed by atoms with Crippen molar-refractivity contribution in [3.63, 3.8) is 0 Å². The molecule has 2 amide bonds. The summed E-state index contributed by atoms with van der Waals surface area (Å²) in [5.41, 5.74) is 2.76. The Morgan fingerprint density at radius 1 is 1.00 bits per heavy atom. The minimum Gasteiger partial charge on any atom is -0.494 e. The van der Waals surface area contributed by atoms with Gasteiger partial charge in [0.25, 0.3) is 5.91 Å². The Hall–Kier alpha value is -3.84. The van der Waals surface area contributed by atoms with Gasteiger partial charge in [0, 0.05) is 18.7 Å². The molecule has 0 bridgehead atoms. The van der Waals surface area contributed by atoms with Crippen LogP contribution in [-0.2, 0) is 17.8 Å². The first kappa shape index (κ1) is 23.3. The standard InChI is InChI=1S/C26H25ClN4O3/c1-2-34-19-13-11-18(12-14-19)29-25(32)17-31-23-10-6-5-9-22(23)30-24(31)15-16-28-26(33)20-7-3-4-8-21(20)27/h3-14H,2,15-17H2,1H3,(H,28,33)(H,29,32). The predicted octanol–water partition coefficient (Wildman–Crippen LogP) is 4.70. The molecule has 0 aliphatic rings. The average Bonchev–Trinajstić information content (AvgIpc) is 3.18. The number of imidazole rings is 1. The minimum atomic E-state index is -0.249. The lowest BCUT2D eigenvalue weighted by Gasteiger charge is -2.11. The molecule has 1 aromatic heterocycles. The fraction of sp³-hybridized carbons (Fsp3) is 0.192. The van der Waals surface area contributed by atoms with Gasteiger partial charge in [0.2, 0.25) is 5.91 Å². The van der Waals surface area contributed by atoms with E-state index in [2.05, 4.69) is 15.6 Å². The van der Waals surface area contributed by atoms with E-state index < -0.39 is 0 Å². The van der Waals surface area contributed by atoms with Crippen LogP contribution in [0.4, 0.5) is 5.69 Å². The predicted molar refractivity (Wildman–Crippen MR) is 133 cm³/mol. The van der Waals surface area contributed by atoms with Crippen LogP contribution in [0.1, 0.15) is 23.1 Å². The Morgan fingerprint density at radius 2 is 1.74 bits per heavy atom. The zero-order valence-electron chi connectivity index (χ0n) is 18.8. The molecule has 34 heavy (non-hydrogen) atoms. The van der Waals surface area contributed by atoms with Crippen molar-refractivity contribution in [2.24, 2.45) is 0 Å². The Morgan fingerprint density at radius 3 is 2.50 bits per heavy atom. The molecule has 0 saturated heterocycles. The smallest absolute Gasteiger partial charge is 0.252 e. The summed E-state index contributed by atoms with van der Waals surface area (Å²) in [6, 6.07) is 21.8. The summed E-state index contributed by atoms with van der Waals surface area (Å²) in [6.07, 6.45) is 0.460.